The van der Waals surface area contributed by atoms with Crippen molar-refractivity contribution in [1.82, 2.24) is 9.88 Å². The monoisotopic (exact) mass is 450 g/mol. The van der Waals surface area contributed by atoms with E-state index in [4.69, 9.17) is 4.74 Å². The summed E-state index contributed by atoms with van der Waals surface area (Å²) in [4.78, 5) is 31.5. The Kier molecular flexibility index (Phi) is 7.01. The molecule has 1 amide bonds. The lowest BCUT2D eigenvalue weighted by atomic mass is 9.93. The lowest BCUT2D eigenvalue weighted by Gasteiger charge is -2.34. The van der Waals surface area contributed by atoms with Crippen LogP contribution in [0.25, 0.3) is 0 Å². The summed E-state index contributed by atoms with van der Waals surface area (Å²) in [7, 11) is 0. The van der Waals surface area contributed by atoms with Crippen molar-refractivity contribution < 1.29 is 14.3 Å². The van der Waals surface area contributed by atoms with Crippen LogP contribution in [0.2, 0.25) is 0 Å². The van der Waals surface area contributed by atoms with E-state index < -0.39 is 5.97 Å². The van der Waals surface area contributed by atoms with E-state index in [1.54, 1.807) is 12.3 Å². The third-order valence-electron chi connectivity index (χ3n) is 4.72. The molecule has 0 unspecified atom stereocenters. The summed E-state index contributed by atoms with van der Waals surface area (Å²) in [5.41, 5.74) is 0.971. The Morgan fingerprint density at radius 3 is 2.70 bits per heavy atom. The fourth-order valence-electron chi connectivity index (χ4n) is 3.38. The van der Waals surface area contributed by atoms with Crippen LogP contribution in [-0.2, 0) is 11.3 Å². The van der Waals surface area contributed by atoms with Gasteiger partial charge in [0.1, 0.15) is 5.01 Å². The largest absolute Gasteiger partial charge is 0.461 e. The SMILES string of the molecule is CCOC(=O)c1csc(CN(C(=O)c2ccccc2Br)C2CCCCC2)n1. The molecule has 1 heterocycles. The molecule has 0 atom stereocenters. The predicted molar refractivity (Wildman–Crippen MR) is 109 cm³/mol. The number of hydrogen-bond donors (Lipinski definition) is 0. The first-order chi connectivity index (χ1) is 13.1. The fourth-order valence-corrected chi connectivity index (χ4v) is 4.59. The van der Waals surface area contributed by atoms with Crippen LogP contribution in [0.5, 0.6) is 0 Å². The van der Waals surface area contributed by atoms with E-state index in [1.807, 2.05) is 29.2 Å². The number of ether oxygens (including phenoxy) is 1. The number of carbonyl (C=O) groups excluding carboxylic acids is 2. The molecule has 1 aliphatic carbocycles. The normalized spacial score (nSPS) is 14.7. The zero-order valence-corrected chi connectivity index (χ0v) is 17.7. The molecule has 1 saturated carbocycles. The van der Waals surface area contributed by atoms with Gasteiger partial charge in [-0.1, -0.05) is 31.4 Å². The molecule has 3 rings (SSSR count). The molecule has 1 aromatic heterocycles. The second-order valence-corrected chi connectivity index (χ2v) is 8.35. The number of esters is 1. The van der Waals surface area contributed by atoms with Gasteiger partial charge in [0.05, 0.1) is 18.7 Å². The number of benzene rings is 1. The van der Waals surface area contributed by atoms with Gasteiger partial charge in [-0.05, 0) is 47.8 Å². The summed E-state index contributed by atoms with van der Waals surface area (Å²) in [5, 5.41) is 2.46. The minimum atomic E-state index is -0.415. The second kappa shape index (κ2) is 9.46. The van der Waals surface area contributed by atoms with E-state index in [0.29, 0.717) is 24.4 Å². The first kappa shape index (κ1) is 20.0. The van der Waals surface area contributed by atoms with Crippen molar-refractivity contribution >= 4 is 39.1 Å². The summed E-state index contributed by atoms with van der Waals surface area (Å²) in [6, 6.07) is 7.70. The third kappa shape index (κ3) is 4.96. The van der Waals surface area contributed by atoms with Crippen molar-refractivity contribution in [3.8, 4) is 0 Å². The standard InChI is InChI=1S/C20H23BrN2O3S/c1-2-26-20(25)17-13-27-18(22-17)12-23(14-8-4-3-5-9-14)19(24)15-10-6-7-11-16(15)21/h6-7,10-11,13-14H,2-5,8-9,12H2,1H3. The first-order valence-corrected chi connectivity index (χ1v) is 10.9. The van der Waals surface area contributed by atoms with Gasteiger partial charge in [-0.25, -0.2) is 9.78 Å². The van der Waals surface area contributed by atoms with Crippen molar-refractivity contribution in [2.75, 3.05) is 6.61 Å². The Morgan fingerprint density at radius 1 is 1.26 bits per heavy atom. The molecule has 0 spiro atoms. The summed E-state index contributed by atoms with van der Waals surface area (Å²) in [5.74, 6) is -0.413. The van der Waals surface area contributed by atoms with E-state index in [1.165, 1.54) is 17.8 Å². The Hall–Kier alpha value is -1.73. The number of nitrogens with zero attached hydrogens (tertiary/aromatic N) is 2. The molecule has 5 nitrogen and oxygen atoms in total. The smallest absolute Gasteiger partial charge is 0.357 e. The number of aromatic nitrogens is 1. The van der Waals surface area contributed by atoms with E-state index in [2.05, 4.69) is 20.9 Å². The maximum atomic E-state index is 13.3. The van der Waals surface area contributed by atoms with Gasteiger partial charge >= 0.3 is 5.97 Å². The average molecular weight is 451 g/mol. The molecule has 27 heavy (non-hydrogen) atoms. The van der Waals surface area contributed by atoms with Crippen LogP contribution >= 0.6 is 27.3 Å². The summed E-state index contributed by atoms with van der Waals surface area (Å²) in [6.07, 6.45) is 5.50. The highest BCUT2D eigenvalue weighted by atomic mass is 79.9. The van der Waals surface area contributed by atoms with Gasteiger partial charge in [-0.2, -0.15) is 0 Å². The molecule has 1 aliphatic rings. The van der Waals surface area contributed by atoms with Gasteiger partial charge in [-0.3, -0.25) is 4.79 Å². The van der Waals surface area contributed by atoms with E-state index in [0.717, 1.165) is 35.2 Å². The molecule has 0 bridgehead atoms. The van der Waals surface area contributed by atoms with Gasteiger partial charge in [0.2, 0.25) is 0 Å². The van der Waals surface area contributed by atoms with E-state index in [-0.39, 0.29) is 11.9 Å². The lowest BCUT2D eigenvalue weighted by molar-refractivity contribution is 0.0520. The van der Waals surface area contributed by atoms with Crippen LogP contribution in [-0.4, -0.2) is 34.4 Å². The van der Waals surface area contributed by atoms with Crippen molar-refractivity contribution in [2.24, 2.45) is 0 Å². The number of amides is 1. The highest BCUT2D eigenvalue weighted by molar-refractivity contribution is 9.10. The Balaban J connectivity index is 1.83. The molecule has 2 aromatic rings. The van der Waals surface area contributed by atoms with Gasteiger partial charge in [0.15, 0.2) is 5.69 Å². The number of thiazole rings is 1. The predicted octanol–water partition coefficient (Wildman–Crippen LogP) is 5.06. The van der Waals surface area contributed by atoms with Crippen LogP contribution in [0.15, 0.2) is 34.1 Å². The number of rotatable bonds is 6. The topological polar surface area (TPSA) is 59.5 Å². The zero-order chi connectivity index (χ0) is 19.2. The molecule has 144 valence electrons. The minimum Gasteiger partial charge on any atom is -0.461 e. The van der Waals surface area contributed by atoms with Crippen LogP contribution in [0.4, 0.5) is 0 Å². The number of halogens is 1. The maximum absolute atomic E-state index is 13.3. The number of carbonyl (C=O) groups is 2. The molecule has 0 radical (unpaired) electrons. The lowest BCUT2D eigenvalue weighted by Crippen LogP contribution is -2.41. The second-order valence-electron chi connectivity index (χ2n) is 6.55. The van der Waals surface area contributed by atoms with Gasteiger partial charge < -0.3 is 9.64 Å². The Bertz CT molecular complexity index is 802. The van der Waals surface area contributed by atoms with Crippen LogP contribution in [0, 0.1) is 0 Å². The molecule has 1 fully saturated rings. The van der Waals surface area contributed by atoms with Gasteiger partial charge in [-0.15, -0.1) is 11.3 Å². The highest BCUT2D eigenvalue weighted by Gasteiger charge is 2.28. The van der Waals surface area contributed by atoms with Crippen LogP contribution < -0.4 is 0 Å². The number of hydrogen-bond acceptors (Lipinski definition) is 5. The molecular weight excluding hydrogens is 428 g/mol. The van der Waals surface area contributed by atoms with E-state index >= 15 is 0 Å². The molecule has 0 saturated heterocycles. The Morgan fingerprint density at radius 2 is 2.00 bits per heavy atom. The van der Waals surface area contributed by atoms with Gasteiger partial charge in [0.25, 0.3) is 5.91 Å². The van der Waals surface area contributed by atoms with Crippen LogP contribution in [0.3, 0.4) is 0 Å². The Labute approximate surface area is 171 Å². The first-order valence-electron chi connectivity index (χ1n) is 9.27. The van der Waals surface area contributed by atoms with Crippen molar-refractivity contribution in [3.05, 3.63) is 50.4 Å². The molecule has 0 N–H and O–H groups in total. The molecule has 0 aliphatic heterocycles. The highest BCUT2D eigenvalue weighted by Crippen LogP contribution is 2.28. The van der Waals surface area contributed by atoms with Crippen LogP contribution in [0.1, 0.15) is 64.9 Å². The van der Waals surface area contributed by atoms with Crippen molar-refractivity contribution in [3.63, 3.8) is 0 Å². The molecule has 1 aromatic carbocycles. The quantitative estimate of drug-likeness (QED) is 0.577. The average Bonchev–Trinajstić information content (AvgIpc) is 3.16. The van der Waals surface area contributed by atoms with Crippen molar-refractivity contribution in [1.29, 1.82) is 0 Å². The fraction of sp³-hybridized carbons (Fsp3) is 0.450. The molecular formula is C20H23BrN2O3S. The van der Waals surface area contributed by atoms with Gasteiger partial charge in [0, 0.05) is 15.9 Å². The zero-order valence-electron chi connectivity index (χ0n) is 15.3. The summed E-state index contributed by atoms with van der Waals surface area (Å²) >= 11 is 4.89. The minimum absolute atomic E-state index is 0.00209. The third-order valence-corrected chi connectivity index (χ3v) is 6.25. The molecule has 7 heteroatoms. The van der Waals surface area contributed by atoms with E-state index in [9.17, 15) is 9.59 Å². The summed E-state index contributed by atoms with van der Waals surface area (Å²) in [6.45, 7) is 2.50. The maximum Gasteiger partial charge on any atom is 0.357 e. The van der Waals surface area contributed by atoms with Crippen molar-refractivity contribution in [2.45, 2.75) is 51.6 Å². The summed E-state index contributed by atoms with van der Waals surface area (Å²) < 4.78 is 5.81.